The first-order chi connectivity index (χ1) is 11.6. The van der Waals surface area contributed by atoms with Crippen molar-refractivity contribution in [3.8, 4) is 0 Å². The Bertz CT molecular complexity index is 932. The van der Waals surface area contributed by atoms with Crippen LogP contribution in [-0.4, -0.2) is 32.7 Å². The maximum atomic E-state index is 14.1. The Morgan fingerprint density at radius 2 is 1.44 bits per heavy atom. The number of anilines is 1. The van der Waals surface area contributed by atoms with Gasteiger partial charge in [0.25, 0.3) is 5.91 Å². The van der Waals surface area contributed by atoms with E-state index in [-0.39, 0.29) is 5.69 Å². The van der Waals surface area contributed by atoms with Crippen LogP contribution < -0.4 is 5.32 Å². The highest BCUT2D eigenvalue weighted by atomic mass is 32.2. The number of hydrogen-bond donors (Lipinski definition) is 1. The second-order valence-electron chi connectivity index (χ2n) is 5.07. The lowest BCUT2D eigenvalue weighted by Gasteiger charge is -2.17. The molecular weight excluding hydrogens is 364 g/mol. The predicted molar refractivity (Wildman–Crippen MR) is 81.5 cm³/mol. The van der Waals surface area contributed by atoms with Gasteiger partial charge in [0.2, 0.25) is 10.0 Å². The van der Waals surface area contributed by atoms with Crippen molar-refractivity contribution in [3.63, 3.8) is 0 Å². The van der Waals surface area contributed by atoms with Crippen LogP contribution >= 0.6 is 0 Å². The first kappa shape index (κ1) is 18.9. The van der Waals surface area contributed by atoms with E-state index in [1.807, 2.05) is 0 Å². The van der Waals surface area contributed by atoms with Crippen LogP contribution in [0.3, 0.4) is 0 Å². The zero-order valence-electron chi connectivity index (χ0n) is 13.0. The number of carbonyl (C=O) groups excluding carboxylic acids is 1. The number of rotatable bonds is 4. The molecule has 2 aromatic carbocycles. The van der Waals surface area contributed by atoms with Gasteiger partial charge in [-0.3, -0.25) is 4.79 Å². The number of amides is 1. The summed E-state index contributed by atoms with van der Waals surface area (Å²) in [5, 5.41) is 2.11. The van der Waals surface area contributed by atoms with Gasteiger partial charge in [-0.1, -0.05) is 18.2 Å². The Morgan fingerprint density at radius 3 is 1.96 bits per heavy atom. The molecule has 0 aromatic heterocycles. The summed E-state index contributed by atoms with van der Waals surface area (Å²) in [7, 11) is -2.86. The molecule has 0 saturated heterocycles. The summed E-state index contributed by atoms with van der Waals surface area (Å²) >= 11 is 0. The average Bonchev–Trinajstić information content (AvgIpc) is 2.56. The Hall–Kier alpha value is -2.46. The molecule has 2 aromatic rings. The van der Waals surface area contributed by atoms with Gasteiger partial charge in [0.1, 0.15) is 10.5 Å². The Labute approximate surface area is 140 Å². The molecule has 2 rings (SSSR count). The lowest BCUT2D eigenvalue weighted by molar-refractivity contribution is 0.101. The minimum absolute atomic E-state index is 0.116. The van der Waals surface area contributed by atoms with E-state index in [1.54, 1.807) is 6.07 Å². The third kappa shape index (κ3) is 3.35. The quantitative estimate of drug-likeness (QED) is 0.507. The third-order valence-electron chi connectivity index (χ3n) is 3.22. The Morgan fingerprint density at radius 1 is 0.920 bits per heavy atom. The summed E-state index contributed by atoms with van der Waals surface area (Å²) < 4.78 is 80.1. The maximum Gasteiger partial charge on any atom is 0.260 e. The van der Waals surface area contributed by atoms with Crippen molar-refractivity contribution < 1.29 is 30.8 Å². The number of sulfonamides is 1. The fourth-order valence-corrected chi connectivity index (χ4v) is 3.08. The molecule has 0 atom stereocenters. The van der Waals surface area contributed by atoms with E-state index < -0.39 is 49.7 Å². The van der Waals surface area contributed by atoms with Crippen LogP contribution in [0.15, 0.2) is 35.2 Å². The molecule has 0 aliphatic heterocycles. The van der Waals surface area contributed by atoms with Gasteiger partial charge in [-0.25, -0.2) is 30.3 Å². The van der Waals surface area contributed by atoms with E-state index in [1.165, 1.54) is 24.3 Å². The number of hydrogen-bond acceptors (Lipinski definition) is 3. The van der Waals surface area contributed by atoms with E-state index in [9.17, 15) is 30.8 Å². The normalized spacial score (nSPS) is 11.6. The molecule has 5 nitrogen and oxygen atoms in total. The van der Waals surface area contributed by atoms with Gasteiger partial charge in [0.05, 0.1) is 0 Å². The number of halogens is 4. The Kier molecular flexibility index (Phi) is 5.14. The molecule has 0 aliphatic rings. The van der Waals surface area contributed by atoms with Gasteiger partial charge in [-0.2, -0.15) is 0 Å². The fourth-order valence-electron chi connectivity index (χ4n) is 1.95. The summed E-state index contributed by atoms with van der Waals surface area (Å²) in [5.74, 6) is -10.3. The largest absolute Gasteiger partial charge is 0.322 e. The van der Waals surface area contributed by atoms with Crippen molar-refractivity contribution >= 4 is 21.6 Å². The number of carbonyl (C=O) groups is 1. The summed E-state index contributed by atoms with van der Waals surface area (Å²) in [6, 6.07) is 7.39. The molecule has 25 heavy (non-hydrogen) atoms. The molecule has 0 radical (unpaired) electrons. The van der Waals surface area contributed by atoms with Gasteiger partial charge in [0.15, 0.2) is 23.3 Å². The van der Waals surface area contributed by atoms with Crippen molar-refractivity contribution in [2.75, 3.05) is 19.4 Å². The van der Waals surface area contributed by atoms with Gasteiger partial charge in [-0.15, -0.1) is 0 Å². The van der Waals surface area contributed by atoms with Crippen LogP contribution in [0.5, 0.6) is 0 Å². The van der Waals surface area contributed by atoms with Crippen molar-refractivity contribution in [2.45, 2.75) is 4.90 Å². The Balaban J connectivity index is 2.74. The number of nitrogens with zero attached hydrogens (tertiary/aromatic N) is 1. The second-order valence-corrected chi connectivity index (χ2v) is 7.16. The molecule has 10 heteroatoms. The third-order valence-corrected chi connectivity index (χ3v) is 5.08. The van der Waals surface area contributed by atoms with Crippen LogP contribution in [0.2, 0.25) is 0 Å². The van der Waals surface area contributed by atoms with Crippen molar-refractivity contribution in [2.24, 2.45) is 0 Å². The minimum Gasteiger partial charge on any atom is -0.322 e. The van der Waals surface area contributed by atoms with Crippen LogP contribution in [0, 0.1) is 23.3 Å². The zero-order chi connectivity index (χ0) is 18.9. The van der Waals surface area contributed by atoms with Crippen LogP contribution in [0.4, 0.5) is 23.2 Å². The maximum absolute atomic E-state index is 14.1. The average molecular weight is 376 g/mol. The molecule has 0 fully saturated rings. The smallest absolute Gasteiger partial charge is 0.260 e. The molecule has 0 bridgehead atoms. The molecular formula is C15H12F4N2O3S. The van der Waals surface area contributed by atoms with Crippen LogP contribution in [0.1, 0.15) is 10.4 Å². The highest BCUT2D eigenvalue weighted by Gasteiger charge is 2.37. The van der Waals surface area contributed by atoms with Crippen molar-refractivity contribution in [1.29, 1.82) is 0 Å². The molecule has 1 amide bonds. The second kappa shape index (κ2) is 6.81. The first-order valence-corrected chi connectivity index (χ1v) is 8.18. The highest BCUT2D eigenvalue weighted by Crippen LogP contribution is 2.30. The van der Waals surface area contributed by atoms with Gasteiger partial charge in [-0.05, 0) is 12.1 Å². The monoisotopic (exact) mass is 376 g/mol. The first-order valence-electron chi connectivity index (χ1n) is 6.74. The van der Waals surface area contributed by atoms with Crippen molar-refractivity contribution in [3.05, 3.63) is 59.2 Å². The van der Waals surface area contributed by atoms with E-state index in [0.717, 1.165) is 14.1 Å². The molecule has 0 spiro atoms. The lowest BCUT2D eigenvalue weighted by Crippen LogP contribution is -2.29. The number of benzene rings is 2. The van der Waals surface area contributed by atoms with Gasteiger partial charge in [0, 0.05) is 19.8 Å². The summed E-state index contributed by atoms with van der Waals surface area (Å²) in [6.45, 7) is 0. The van der Waals surface area contributed by atoms with Crippen molar-refractivity contribution in [1.82, 2.24) is 4.31 Å². The van der Waals surface area contributed by atoms with E-state index in [0.29, 0.717) is 4.31 Å². The summed E-state index contributed by atoms with van der Waals surface area (Å²) in [5.41, 5.74) is -1.33. The fraction of sp³-hybridized carbons (Fsp3) is 0.133. The molecule has 1 N–H and O–H groups in total. The van der Waals surface area contributed by atoms with Crippen LogP contribution in [-0.2, 0) is 10.0 Å². The minimum atomic E-state index is -4.79. The molecule has 0 aliphatic carbocycles. The predicted octanol–water partition coefficient (Wildman–Crippen LogP) is 2.75. The summed E-state index contributed by atoms with van der Waals surface area (Å²) in [4.78, 5) is 10.7. The SMILES string of the molecule is CN(C)S(=O)(=O)c1c(F)c(F)c(F)c(F)c1C(=O)Nc1ccccc1. The molecule has 0 heterocycles. The molecule has 0 unspecified atom stereocenters. The van der Waals surface area contributed by atoms with E-state index in [4.69, 9.17) is 0 Å². The molecule has 0 saturated carbocycles. The zero-order valence-corrected chi connectivity index (χ0v) is 13.8. The van der Waals surface area contributed by atoms with E-state index >= 15 is 0 Å². The summed E-state index contributed by atoms with van der Waals surface area (Å²) in [6.07, 6.45) is 0. The van der Waals surface area contributed by atoms with Gasteiger partial charge < -0.3 is 5.32 Å². The topological polar surface area (TPSA) is 66.5 Å². The van der Waals surface area contributed by atoms with E-state index in [2.05, 4.69) is 5.32 Å². The highest BCUT2D eigenvalue weighted by molar-refractivity contribution is 7.89. The van der Waals surface area contributed by atoms with Crippen LogP contribution in [0.25, 0.3) is 0 Å². The molecule has 134 valence electrons. The standard InChI is InChI=1S/C15H12F4N2O3S/c1-21(2)25(23,24)14-9(10(16)11(17)12(18)13(14)19)15(22)20-8-6-4-3-5-7-8/h3-7H,1-2H3,(H,20,22). The lowest BCUT2D eigenvalue weighted by atomic mass is 10.1. The number of para-hydroxylation sites is 1. The van der Waals surface area contributed by atoms with Gasteiger partial charge >= 0.3 is 0 Å². The number of nitrogens with one attached hydrogen (secondary N) is 1.